The van der Waals surface area contributed by atoms with E-state index in [1.807, 2.05) is 62.4 Å². The van der Waals surface area contributed by atoms with E-state index < -0.39 is 0 Å². The zero-order chi connectivity index (χ0) is 22.8. The van der Waals surface area contributed by atoms with Gasteiger partial charge in [0.15, 0.2) is 0 Å². The zero-order valence-electron chi connectivity index (χ0n) is 19.2. The molecule has 0 aliphatic rings. The number of hydrogen-bond acceptors (Lipinski definition) is 4. The fourth-order valence-electron chi connectivity index (χ4n) is 4.06. The highest BCUT2D eigenvalue weighted by Gasteiger charge is 2.20. The number of aryl methyl sites for hydroxylation is 2. The lowest BCUT2D eigenvalue weighted by Gasteiger charge is -2.18. The van der Waals surface area contributed by atoms with Crippen molar-refractivity contribution in [3.8, 4) is 34.1 Å². The molecular formula is C28H30O4. The van der Waals surface area contributed by atoms with Crippen LogP contribution in [0.5, 0.6) is 23.0 Å². The Morgan fingerprint density at radius 1 is 0.594 bits per heavy atom. The second kappa shape index (κ2) is 8.99. The van der Waals surface area contributed by atoms with Gasteiger partial charge in [0.1, 0.15) is 23.0 Å². The Balaban J connectivity index is 2.03. The van der Waals surface area contributed by atoms with Crippen molar-refractivity contribution >= 4 is 21.5 Å². The summed E-state index contributed by atoms with van der Waals surface area (Å²) < 4.78 is 12.1. The Morgan fingerprint density at radius 2 is 1.00 bits per heavy atom. The van der Waals surface area contributed by atoms with Gasteiger partial charge < -0.3 is 19.7 Å². The Hall–Kier alpha value is -3.40. The molecule has 0 saturated heterocycles. The van der Waals surface area contributed by atoms with Crippen molar-refractivity contribution in [1.82, 2.24) is 0 Å². The molecule has 2 N–H and O–H groups in total. The molecule has 166 valence electrons. The number of rotatable bonds is 7. The third-order valence-corrected chi connectivity index (χ3v) is 5.67. The number of fused-ring (bicyclic) bond motifs is 2. The van der Waals surface area contributed by atoms with E-state index in [4.69, 9.17) is 9.47 Å². The molecule has 0 heterocycles. The first-order valence-electron chi connectivity index (χ1n) is 11.2. The van der Waals surface area contributed by atoms with Crippen molar-refractivity contribution in [1.29, 1.82) is 0 Å². The van der Waals surface area contributed by atoms with E-state index in [0.29, 0.717) is 46.6 Å². The summed E-state index contributed by atoms with van der Waals surface area (Å²) in [6.45, 7) is 9.24. The summed E-state index contributed by atoms with van der Waals surface area (Å²) in [6, 6.07) is 15.5. The molecule has 0 fully saturated rings. The summed E-state index contributed by atoms with van der Waals surface area (Å²) in [5.41, 5.74) is 3.13. The molecule has 4 rings (SSSR count). The van der Waals surface area contributed by atoms with Crippen LogP contribution in [-0.4, -0.2) is 23.4 Å². The van der Waals surface area contributed by atoms with Crippen LogP contribution >= 0.6 is 0 Å². The van der Waals surface area contributed by atoms with Crippen molar-refractivity contribution < 1.29 is 19.7 Å². The number of hydrogen-bond donors (Lipinski definition) is 2. The minimum atomic E-state index is 0.122. The van der Waals surface area contributed by atoms with Crippen LogP contribution < -0.4 is 9.47 Å². The highest BCUT2D eigenvalue weighted by Crippen LogP contribution is 2.48. The number of ether oxygens (including phenoxy) is 2. The maximum absolute atomic E-state index is 11.3. The van der Waals surface area contributed by atoms with Crippen LogP contribution in [0.15, 0.2) is 48.5 Å². The van der Waals surface area contributed by atoms with Crippen LogP contribution in [-0.2, 0) is 0 Å². The SMILES string of the molecule is CCCOc1cc(-c2cc(OCCC)c3ccc(C)cc3c2O)c(O)c2cc(C)ccc12. The number of benzene rings is 4. The van der Waals surface area contributed by atoms with Crippen molar-refractivity contribution in [2.45, 2.75) is 40.5 Å². The van der Waals surface area contributed by atoms with E-state index in [9.17, 15) is 10.2 Å². The van der Waals surface area contributed by atoms with E-state index in [0.717, 1.165) is 34.7 Å². The standard InChI is InChI=1S/C28H30O4/c1-5-11-31-25-15-23(27(29)21-13-17(3)7-9-19(21)25)24-16-26(32-12-6-2)20-10-8-18(4)14-22(20)28(24)30/h7-10,13-16,29-30H,5-6,11-12H2,1-4H3. The minimum Gasteiger partial charge on any atom is -0.507 e. The fraction of sp³-hybridized carbons (Fsp3) is 0.286. The van der Waals surface area contributed by atoms with Gasteiger partial charge in [0.25, 0.3) is 0 Å². The Bertz CT molecular complexity index is 1190. The van der Waals surface area contributed by atoms with Crippen LogP contribution in [0.3, 0.4) is 0 Å². The summed E-state index contributed by atoms with van der Waals surface area (Å²) in [5.74, 6) is 1.62. The topological polar surface area (TPSA) is 58.9 Å². The molecule has 0 bridgehead atoms. The molecular weight excluding hydrogens is 400 g/mol. The van der Waals surface area contributed by atoms with Gasteiger partial charge in [-0.1, -0.05) is 49.2 Å². The van der Waals surface area contributed by atoms with Crippen LogP contribution in [0.1, 0.15) is 37.8 Å². The van der Waals surface area contributed by atoms with Crippen LogP contribution in [0, 0.1) is 13.8 Å². The van der Waals surface area contributed by atoms with E-state index in [-0.39, 0.29) is 11.5 Å². The summed E-state index contributed by atoms with van der Waals surface area (Å²) in [5, 5.41) is 25.7. The van der Waals surface area contributed by atoms with Gasteiger partial charge >= 0.3 is 0 Å². The molecule has 0 atom stereocenters. The molecule has 0 amide bonds. The van der Waals surface area contributed by atoms with Crippen LogP contribution in [0.2, 0.25) is 0 Å². The molecule has 4 aromatic rings. The molecule has 0 spiro atoms. The Kier molecular flexibility index (Phi) is 6.13. The van der Waals surface area contributed by atoms with Gasteiger partial charge in [0.05, 0.1) is 13.2 Å². The quantitative estimate of drug-likeness (QED) is 0.324. The third-order valence-electron chi connectivity index (χ3n) is 5.67. The third kappa shape index (κ3) is 3.93. The molecule has 0 radical (unpaired) electrons. The predicted molar refractivity (Wildman–Crippen MR) is 131 cm³/mol. The first-order chi connectivity index (χ1) is 15.4. The zero-order valence-corrected chi connectivity index (χ0v) is 19.2. The van der Waals surface area contributed by atoms with Gasteiger partial charge in [-0.3, -0.25) is 0 Å². The maximum atomic E-state index is 11.3. The van der Waals surface area contributed by atoms with E-state index in [1.54, 1.807) is 0 Å². The lowest BCUT2D eigenvalue weighted by atomic mass is 9.94. The smallest absolute Gasteiger partial charge is 0.131 e. The lowest BCUT2D eigenvalue weighted by Crippen LogP contribution is -1.99. The summed E-state index contributed by atoms with van der Waals surface area (Å²) in [6.07, 6.45) is 1.75. The number of aromatic hydroxyl groups is 2. The van der Waals surface area contributed by atoms with Crippen LogP contribution in [0.25, 0.3) is 32.7 Å². The number of phenols is 2. The second-order valence-corrected chi connectivity index (χ2v) is 8.34. The van der Waals surface area contributed by atoms with Crippen molar-refractivity contribution in [2.24, 2.45) is 0 Å². The largest absolute Gasteiger partial charge is 0.507 e. The van der Waals surface area contributed by atoms with E-state index in [2.05, 4.69) is 13.8 Å². The molecule has 0 aliphatic heterocycles. The predicted octanol–water partition coefficient (Wildman–Crippen LogP) is 7.27. The van der Waals surface area contributed by atoms with Gasteiger partial charge in [-0.25, -0.2) is 0 Å². The molecule has 0 unspecified atom stereocenters. The molecule has 32 heavy (non-hydrogen) atoms. The first-order valence-corrected chi connectivity index (χ1v) is 11.2. The fourth-order valence-corrected chi connectivity index (χ4v) is 4.06. The number of phenolic OH excluding ortho intramolecular Hbond substituents is 2. The van der Waals surface area contributed by atoms with Gasteiger partial charge in [0, 0.05) is 32.7 Å². The average Bonchev–Trinajstić information content (AvgIpc) is 2.79. The van der Waals surface area contributed by atoms with Gasteiger partial charge in [-0.2, -0.15) is 0 Å². The van der Waals surface area contributed by atoms with Crippen molar-refractivity contribution in [3.05, 3.63) is 59.7 Å². The van der Waals surface area contributed by atoms with E-state index in [1.165, 1.54) is 0 Å². The summed E-state index contributed by atoms with van der Waals surface area (Å²) in [4.78, 5) is 0. The summed E-state index contributed by atoms with van der Waals surface area (Å²) >= 11 is 0. The minimum absolute atomic E-state index is 0.122. The van der Waals surface area contributed by atoms with Crippen molar-refractivity contribution in [3.63, 3.8) is 0 Å². The highest BCUT2D eigenvalue weighted by molar-refractivity contribution is 6.04. The first kappa shape index (κ1) is 21.8. The molecule has 4 aromatic carbocycles. The molecule has 0 aliphatic carbocycles. The van der Waals surface area contributed by atoms with Gasteiger partial charge in [-0.15, -0.1) is 0 Å². The van der Waals surface area contributed by atoms with Crippen molar-refractivity contribution in [2.75, 3.05) is 13.2 Å². The normalized spacial score (nSPS) is 11.2. The summed E-state index contributed by atoms with van der Waals surface area (Å²) in [7, 11) is 0. The Labute approximate surface area is 189 Å². The van der Waals surface area contributed by atoms with Gasteiger partial charge in [-0.05, 0) is 51.0 Å². The molecule has 0 aromatic heterocycles. The highest BCUT2D eigenvalue weighted by atomic mass is 16.5. The molecule has 4 nitrogen and oxygen atoms in total. The monoisotopic (exact) mass is 430 g/mol. The average molecular weight is 431 g/mol. The lowest BCUT2D eigenvalue weighted by molar-refractivity contribution is 0.320. The molecule has 0 saturated carbocycles. The second-order valence-electron chi connectivity index (χ2n) is 8.34. The maximum Gasteiger partial charge on any atom is 0.131 e. The van der Waals surface area contributed by atoms with E-state index >= 15 is 0 Å². The van der Waals surface area contributed by atoms with Crippen LogP contribution in [0.4, 0.5) is 0 Å². The Morgan fingerprint density at radius 3 is 1.38 bits per heavy atom. The van der Waals surface area contributed by atoms with Gasteiger partial charge in [0.2, 0.25) is 0 Å². The molecule has 4 heteroatoms.